The van der Waals surface area contributed by atoms with E-state index >= 15 is 0 Å². The Morgan fingerprint density at radius 3 is 1.01 bits per heavy atom. The van der Waals surface area contributed by atoms with E-state index < -0.39 is 0 Å². The van der Waals surface area contributed by atoms with Crippen molar-refractivity contribution in [2.24, 2.45) is 0 Å². The SMILES string of the molecule is c1cncc(-c2cc(-c3ccc(-c4nc5ccccc5o4)cc3)cc(-c3c4ccccc4cc4ccccc34)c2)c1.c1cncc(-c2cc(-c3cccc4ccccc34)cc(-c3ccc(-c4nc5ccccc5s4)cc3)n2)c1.c1cncc(-c2cc(-c3ccncc3)cc(-c3ccc(-c4nc5ccccc5o4)c4ccccc34)c2)c1.c1cncc(-c2cc(-c3nc4ccccc4s3)cc(-c3c4ccccc4cc4ccccc34)c2)c1. The molecule has 0 aliphatic rings. The number of oxazole rings is 2. The fourth-order valence-electron chi connectivity index (χ4n) is 20.4. The molecule has 0 fully saturated rings. The van der Waals surface area contributed by atoms with E-state index in [9.17, 15) is 0 Å². The minimum atomic E-state index is 0.629. The molecule has 0 radical (unpaired) electrons. The number of rotatable bonds is 15. The van der Waals surface area contributed by atoms with Crippen LogP contribution in [0.25, 0.3) is 274 Å². The molecule has 150 heavy (non-hydrogen) atoms. The van der Waals surface area contributed by atoms with Crippen molar-refractivity contribution >= 4 is 130 Å². The highest BCUT2D eigenvalue weighted by Crippen LogP contribution is 2.48. The Bertz CT molecular complexity index is 9750. The van der Waals surface area contributed by atoms with Crippen molar-refractivity contribution in [1.82, 2.24) is 49.8 Å². The van der Waals surface area contributed by atoms with Crippen molar-refractivity contribution in [2.75, 3.05) is 0 Å². The van der Waals surface area contributed by atoms with Gasteiger partial charge in [-0.3, -0.25) is 24.9 Å². The molecule has 0 spiro atoms. The largest absolute Gasteiger partial charge is 0.436 e. The Kier molecular flexibility index (Phi) is 24.2. The zero-order chi connectivity index (χ0) is 99.6. The van der Waals surface area contributed by atoms with Crippen molar-refractivity contribution in [3.05, 3.63) is 523 Å². The van der Waals surface area contributed by atoms with Gasteiger partial charge in [-0.1, -0.05) is 273 Å². The molecule has 0 unspecified atom stereocenters. The highest BCUT2D eigenvalue weighted by atomic mass is 32.1. The number of hydrogen-bond donors (Lipinski definition) is 0. The van der Waals surface area contributed by atoms with Gasteiger partial charge in [0.05, 0.1) is 31.8 Å². The summed E-state index contributed by atoms with van der Waals surface area (Å²) in [6, 6.07) is 161. The van der Waals surface area contributed by atoms with Gasteiger partial charge >= 0.3 is 0 Å². The number of pyridine rings is 6. The predicted molar refractivity (Wildman–Crippen MR) is 621 cm³/mol. The lowest BCUT2D eigenvalue weighted by atomic mass is 9.88. The highest BCUT2D eigenvalue weighted by Gasteiger charge is 2.23. The van der Waals surface area contributed by atoms with Crippen LogP contribution in [0.5, 0.6) is 0 Å². The van der Waals surface area contributed by atoms with Crippen LogP contribution in [0, 0.1) is 0 Å². The zero-order valence-electron chi connectivity index (χ0n) is 80.8. The molecule has 10 heterocycles. The van der Waals surface area contributed by atoms with E-state index in [0.29, 0.717) is 11.8 Å². The fourth-order valence-corrected chi connectivity index (χ4v) is 22.3. The van der Waals surface area contributed by atoms with Gasteiger partial charge < -0.3 is 8.83 Å². The maximum absolute atomic E-state index is 6.14. The quantitative estimate of drug-likeness (QED) is 0.0897. The van der Waals surface area contributed by atoms with Gasteiger partial charge in [-0.2, -0.15) is 0 Å². The monoisotopic (exact) mass is 1950 g/mol. The fraction of sp³-hybridized carbons (Fsp3) is 0. The Labute approximate surface area is 871 Å². The standard InChI is InChI=1S/C38H24N2O.C33H21N3O.C33H21N3S.C32H20N2S/c1-3-11-33-27(8-1)20-28-9-2-4-12-34(28)37(33)32-22-30(21-31(23-32)29-10-7-19-39-24-29)25-15-17-26(18-16-25)38-40-35-13-5-6-14-36(35)41-38;1-2-8-29-28(7-1)27(11-12-30(29)33-36-31-9-3-4-10-32(31)37-33)26-19-24(22-13-16-34-17-14-22)18-25(20-26)23-6-5-15-35-21-23;1-2-10-27-22(7-1)8-5-11-28(27)26-19-30(35-31(20-26)25-9-6-18-34-21-25)23-14-16-24(17-15-23)33-36-29-12-3-4-13-32(29)37-33;1-3-11-27-21(8-1)16-22-9-2-4-12-28(22)31(27)25-17-24(23-10-7-15-33-20-23)18-26(19-25)32-34-29-13-5-6-14-30(29)35-32/h1-24H;2*1-21H;1-20H. The number of hydrogen-bond acceptors (Lipinski definition) is 14. The molecule has 0 N–H and O–H groups in total. The van der Waals surface area contributed by atoms with E-state index in [4.69, 9.17) is 28.8 Å². The van der Waals surface area contributed by atoms with Gasteiger partial charge in [0, 0.05) is 112 Å². The Morgan fingerprint density at radius 2 is 0.513 bits per heavy atom. The van der Waals surface area contributed by atoms with Crippen LogP contribution in [0.1, 0.15) is 0 Å². The van der Waals surface area contributed by atoms with Crippen molar-refractivity contribution < 1.29 is 8.83 Å². The minimum Gasteiger partial charge on any atom is -0.436 e. The van der Waals surface area contributed by atoms with Gasteiger partial charge in [0.25, 0.3) is 0 Å². The summed E-state index contributed by atoms with van der Waals surface area (Å²) in [6.45, 7) is 0. The second-order valence-electron chi connectivity index (χ2n) is 36.9. The minimum absolute atomic E-state index is 0.629. The summed E-state index contributed by atoms with van der Waals surface area (Å²) >= 11 is 3.46. The molecule has 0 saturated heterocycles. The first-order valence-electron chi connectivity index (χ1n) is 49.7. The van der Waals surface area contributed by atoms with Crippen molar-refractivity contribution in [2.45, 2.75) is 0 Å². The molecule has 0 bridgehead atoms. The first-order chi connectivity index (χ1) is 74.3. The highest BCUT2D eigenvalue weighted by molar-refractivity contribution is 7.22. The molecule has 10 aromatic heterocycles. The summed E-state index contributed by atoms with van der Waals surface area (Å²) in [5.41, 5.74) is 34.1. The number of benzene rings is 19. The van der Waals surface area contributed by atoms with Gasteiger partial charge in [-0.15, -0.1) is 22.7 Å². The van der Waals surface area contributed by atoms with Crippen molar-refractivity contribution in [3.63, 3.8) is 0 Å². The van der Waals surface area contributed by atoms with Gasteiger partial charge in [0.15, 0.2) is 11.2 Å². The van der Waals surface area contributed by atoms with Crippen LogP contribution in [-0.2, 0) is 0 Å². The first-order valence-corrected chi connectivity index (χ1v) is 51.4. The van der Waals surface area contributed by atoms with E-state index in [1.165, 1.54) is 91.1 Å². The average molecular weight is 1960 g/mol. The number of para-hydroxylation sites is 6. The molecule has 12 nitrogen and oxygen atoms in total. The van der Waals surface area contributed by atoms with Crippen LogP contribution in [0.4, 0.5) is 0 Å². The summed E-state index contributed by atoms with van der Waals surface area (Å²) in [5.74, 6) is 1.26. The van der Waals surface area contributed by atoms with E-state index in [1.54, 1.807) is 35.1 Å². The second kappa shape index (κ2) is 40.2. The molecule has 0 saturated carbocycles. The lowest BCUT2D eigenvalue weighted by molar-refractivity contribution is 0.619. The Balaban J connectivity index is 0.000000101. The number of fused-ring (bicyclic) bond motifs is 10. The number of thiazole rings is 2. The predicted octanol–water partition coefficient (Wildman–Crippen LogP) is 36.5. The molecule has 704 valence electrons. The first kappa shape index (κ1) is 90.4. The lowest BCUT2D eigenvalue weighted by Crippen LogP contribution is -1.92. The van der Waals surface area contributed by atoms with E-state index in [0.717, 1.165) is 171 Å². The number of nitrogens with zero attached hydrogens (tertiary/aromatic N) is 10. The maximum Gasteiger partial charge on any atom is 0.227 e. The summed E-state index contributed by atoms with van der Waals surface area (Å²) in [5, 5.41) is 16.7. The van der Waals surface area contributed by atoms with Gasteiger partial charge in [0.2, 0.25) is 11.8 Å². The van der Waals surface area contributed by atoms with Crippen LogP contribution < -0.4 is 0 Å². The molecule has 0 aliphatic carbocycles. The molecular formula is C136H86N10O2S2. The molecule has 14 heteroatoms. The lowest BCUT2D eigenvalue weighted by Gasteiger charge is -2.15. The third-order valence-electron chi connectivity index (χ3n) is 27.6. The molecule has 29 rings (SSSR count). The molecule has 0 aliphatic heterocycles. The van der Waals surface area contributed by atoms with Gasteiger partial charge in [-0.25, -0.2) is 24.9 Å². The van der Waals surface area contributed by atoms with Crippen LogP contribution in [-0.4, -0.2) is 49.8 Å². The van der Waals surface area contributed by atoms with E-state index in [-0.39, 0.29) is 0 Å². The van der Waals surface area contributed by atoms with Crippen LogP contribution in [0.3, 0.4) is 0 Å². The van der Waals surface area contributed by atoms with Gasteiger partial charge in [0.1, 0.15) is 21.0 Å². The number of aromatic nitrogens is 10. The second-order valence-corrected chi connectivity index (χ2v) is 39.0. The topological polar surface area (TPSA) is 155 Å². The van der Waals surface area contributed by atoms with Crippen LogP contribution >= 0.6 is 22.7 Å². The Hall–Kier alpha value is -19.6. The third-order valence-corrected chi connectivity index (χ3v) is 29.8. The maximum atomic E-state index is 6.14. The molecule has 0 atom stereocenters. The molecule has 29 aromatic rings. The van der Waals surface area contributed by atoms with Crippen LogP contribution in [0.2, 0.25) is 0 Å². The van der Waals surface area contributed by atoms with Crippen LogP contribution in [0.15, 0.2) is 532 Å². The normalized spacial score (nSPS) is 11.3. The summed E-state index contributed by atoms with van der Waals surface area (Å²) < 4.78 is 14.6. The Morgan fingerprint density at radius 1 is 0.167 bits per heavy atom. The van der Waals surface area contributed by atoms with Crippen molar-refractivity contribution in [1.29, 1.82) is 0 Å². The zero-order valence-corrected chi connectivity index (χ0v) is 82.4. The molecular weight excluding hydrogens is 1870 g/mol. The van der Waals surface area contributed by atoms with E-state index in [1.807, 2.05) is 147 Å². The van der Waals surface area contributed by atoms with Gasteiger partial charge in [-0.05, 0) is 336 Å². The third kappa shape index (κ3) is 18.3. The molecule has 19 aromatic carbocycles. The summed E-state index contributed by atoms with van der Waals surface area (Å²) in [6.07, 6.45) is 18.5. The molecule has 0 amide bonds. The average Bonchev–Trinajstić information content (AvgIpc) is 1.30. The smallest absolute Gasteiger partial charge is 0.227 e. The van der Waals surface area contributed by atoms with E-state index in [2.05, 4.69) is 394 Å². The van der Waals surface area contributed by atoms with Crippen molar-refractivity contribution in [3.8, 4) is 167 Å². The summed E-state index contributed by atoms with van der Waals surface area (Å²) in [7, 11) is 0. The summed E-state index contributed by atoms with van der Waals surface area (Å²) in [4.78, 5) is 46.0.